The second-order valence-electron chi connectivity index (χ2n) is 6.17. The first-order chi connectivity index (χ1) is 11.1. The molecule has 2 amide bonds. The Hall–Kier alpha value is -1.88. The van der Waals surface area contributed by atoms with Gasteiger partial charge in [-0.3, -0.25) is 9.59 Å². The van der Waals surface area contributed by atoms with E-state index in [0.29, 0.717) is 24.4 Å². The van der Waals surface area contributed by atoms with Crippen molar-refractivity contribution in [1.29, 1.82) is 0 Å². The number of anilines is 1. The number of nitrogens with one attached hydrogen (secondary N) is 3. The van der Waals surface area contributed by atoms with Gasteiger partial charge in [-0.25, -0.2) is 0 Å². The van der Waals surface area contributed by atoms with Crippen LogP contribution in [0.25, 0.3) is 0 Å². The number of carbonyl (C=O) groups is 2. The second kappa shape index (κ2) is 8.67. The first-order valence-electron chi connectivity index (χ1n) is 8.49. The molecular formula is C18H27N3O2. The summed E-state index contributed by atoms with van der Waals surface area (Å²) in [4.78, 5) is 23.9. The number of carbonyl (C=O) groups excluding carboxylic acids is 2. The minimum Gasteiger partial charge on any atom is -0.352 e. The number of hydrogen-bond donors (Lipinski definition) is 3. The summed E-state index contributed by atoms with van der Waals surface area (Å²) in [5.74, 6) is 0.625. The minimum absolute atomic E-state index is 0.0531. The highest BCUT2D eigenvalue weighted by molar-refractivity contribution is 5.96. The van der Waals surface area contributed by atoms with Crippen LogP contribution in [0.1, 0.15) is 48.5 Å². The van der Waals surface area contributed by atoms with E-state index in [1.165, 1.54) is 0 Å². The number of piperidine rings is 1. The third-order valence-electron chi connectivity index (χ3n) is 4.34. The van der Waals surface area contributed by atoms with E-state index in [-0.39, 0.29) is 11.8 Å². The molecule has 3 N–H and O–H groups in total. The van der Waals surface area contributed by atoms with Crippen molar-refractivity contribution in [2.75, 3.05) is 25.0 Å². The molecule has 0 saturated carbocycles. The van der Waals surface area contributed by atoms with E-state index < -0.39 is 0 Å². The third-order valence-corrected chi connectivity index (χ3v) is 4.34. The molecule has 0 aromatic heterocycles. The van der Waals surface area contributed by atoms with E-state index in [0.717, 1.165) is 43.6 Å². The molecular weight excluding hydrogens is 290 g/mol. The van der Waals surface area contributed by atoms with Crippen LogP contribution in [0, 0.1) is 12.8 Å². The number of aryl methyl sites for hydroxylation is 1. The Labute approximate surface area is 138 Å². The van der Waals surface area contributed by atoms with Crippen molar-refractivity contribution >= 4 is 17.5 Å². The largest absolute Gasteiger partial charge is 0.352 e. The molecule has 0 aliphatic carbocycles. The topological polar surface area (TPSA) is 70.2 Å². The zero-order chi connectivity index (χ0) is 16.7. The van der Waals surface area contributed by atoms with E-state index in [1.54, 1.807) is 6.07 Å². The highest BCUT2D eigenvalue weighted by Crippen LogP contribution is 2.20. The van der Waals surface area contributed by atoms with Crippen LogP contribution in [0.15, 0.2) is 18.2 Å². The first kappa shape index (κ1) is 17.5. The Balaban J connectivity index is 1.86. The molecule has 0 spiro atoms. The van der Waals surface area contributed by atoms with Crippen LogP contribution >= 0.6 is 0 Å². The van der Waals surface area contributed by atoms with Gasteiger partial charge in [0.1, 0.15) is 0 Å². The molecule has 2 rings (SSSR count). The molecule has 5 heteroatoms. The Morgan fingerprint density at radius 2 is 2.00 bits per heavy atom. The molecule has 1 heterocycles. The average molecular weight is 317 g/mol. The molecule has 5 nitrogen and oxygen atoms in total. The molecule has 1 aromatic rings. The number of hydrogen-bond acceptors (Lipinski definition) is 3. The fourth-order valence-corrected chi connectivity index (χ4v) is 2.93. The summed E-state index contributed by atoms with van der Waals surface area (Å²) in [5.41, 5.74) is 2.31. The van der Waals surface area contributed by atoms with E-state index in [2.05, 4.69) is 16.0 Å². The monoisotopic (exact) mass is 317 g/mol. The predicted octanol–water partition coefficient (Wildman–Crippen LogP) is 2.46. The van der Waals surface area contributed by atoms with Crippen LogP contribution < -0.4 is 16.0 Å². The van der Waals surface area contributed by atoms with Gasteiger partial charge in [-0.2, -0.15) is 0 Å². The van der Waals surface area contributed by atoms with Crippen molar-refractivity contribution in [3.63, 3.8) is 0 Å². The van der Waals surface area contributed by atoms with E-state index >= 15 is 0 Å². The van der Waals surface area contributed by atoms with Gasteiger partial charge in [-0.15, -0.1) is 0 Å². The van der Waals surface area contributed by atoms with Gasteiger partial charge in [0, 0.05) is 24.2 Å². The summed E-state index contributed by atoms with van der Waals surface area (Å²) in [6, 6.07) is 5.37. The predicted molar refractivity (Wildman–Crippen MR) is 92.6 cm³/mol. The van der Waals surface area contributed by atoms with Crippen LogP contribution in [0.2, 0.25) is 0 Å². The van der Waals surface area contributed by atoms with E-state index in [9.17, 15) is 9.59 Å². The molecule has 126 valence electrons. The normalized spacial score (nSPS) is 15.2. The van der Waals surface area contributed by atoms with Crippen molar-refractivity contribution < 1.29 is 9.59 Å². The molecule has 0 atom stereocenters. The number of rotatable bonds is 6. The zero-order valence-corrected chi connectivity index (χ0v) is 14.1. The van der Waals surface area contributed by atoms with Crippen molar-refractivity contribution in [2.45, 2.75) is 39.5 Å². The molecule has 1 fully saturated rings. The summed E-state index contributed by atoms with van der Waals surface area (Å²) in [7, 11) is 0. The summed E-state index contributed by atoms with van der Waals surface area (Å²) in [5, 5.41) is 9.08. The van der Waals surface area contributed by atoms with Gasteiger partial charge in [0.2, 0.25) is 5.91 Å². The SMILES string of the molecule is CCNC(=O)c1ccc(NC(=O)CCC2CCNCC2)c(C)c1. The average Bonchev–Trinajstić information content (AvgIpc) is 2.56. The van der Waals surface area contributed by atoms with Crippen LogP contribution in [0.5, 0.6) is 0 Å². The Morgan fingerprint density at radius 3 is 2.65 bits per heavy atom. The summed E-state index contributed by atoms with van der Waals surface area (Å²) in [6.45, 7) is 6.53. The molecule has 1 saturated heterocycles. The van der Waals surface area contributed by atoms with Gasteiger partial charge in [0.25, 0.3) is 5.91 Å². The van der Waals surface area contributed by atoms with Crippen LogP contribution in [0.3, 0.4) is 0 Å². The summed E-state index contributed by atoms with van der Waals surface area (Å²) >= 11 is 0. The Kier molecular flexibility index (Phi) is 6.59. The molecule has 1 aliphatic heterocycles. The third kappa shape index (κ3) is 5.36. The maximum atomic E-state index is 12.1. The van der Waals surface area contributed by atoms with Gasteiger partial charge < -0.3 is 16.0 Å². The van der Waals surface area contributed by atoms with Crippen LogP contribution in [-0.4, -0.2) is 31.4 Å². The van der Waals surface area contributed by atoms with E-state index in [4.69, 9.17) is 0 Å². The minimum atomic E-state index is -0.0839. The lowest BCUT2D eigenvalue weighted by Crippen LogP contribution is -2.28. The Bertz CT molecular complexity index is 551. The fourth-order valence-electron chi connectivity index (χ4n) is 2.93. The smallest absolute Gasteiger partial charge is 0.251 e. The molecule has 1 aromatic carbocycles. The lowest BCUT2D eigenvalue weighted by Gasteiger charge is -2.22. The zero-order valence-electron chi connectivity index (χ0n) is 14.1. The maximum Gasteiger partial charge on any atom is 0.251 e. The van der Waals surface area contributed by atoms with Gasteiger partial charge in [-0.05, 0) is 75.9 Å². The Morgan fingerprint density at radius 1 is 1.26 bits per heavy atom. The lowest BCUT2D eigenvalue weighted by atomic mass is 9.93. The molecule has 0 radical (unpaired) electrons. The summed E-state index contributed by atoms with van der Waals surface area (Å²) in [6.07, 6.45) is 3.83. The van der Waals surface area contributed by atoms with Gasteiger partial charge in [-0.1, -0.05) is 0 Å². The molecule has 1 aliphatic rings. The van der Waals surface area contributed by atoms with Gasteiger partial charge in [0.15, 0.2) is 0 Å². The summed E-state index contributed by atoms with van der Waals surface area (Å²) < 4.78 is 0. The maximum absolute atomic E-state index is 12.1. The van der Waals surface area contributed by atoms with Gasteiger partial charge >= 0.3 is 0 Å². The quantitative estimate of drug-likeness (QED) is 0.755. The second-order valence-corrected chi connectivity index (χ2v) is 6.17. The lowest BCUT2D eigenvalue weighted by molar-refractivity contribution is -0.116. The van der Waals surface area contributed by atoms with Crippen LogP contribution in [0.4, 0.5) is 5.69 Å². The highest BCUT2D eigenvalue weighted by atomic mass is 16.2. The van der Waals surface area contributed by atoms with Gasteiger partial charge in [0.05, 0.1) is 0 Å². The van der Waals surface area contributed by atoms with Crippen LogP contribution in [-0.2, 0) is 4.79 Å². The molecule has 0 unspecified atom stereocenters. The molecule has 0 bridgehead atoms. The van der Waals surface area contributed by atoms with Crippen molar-refractivity contribution in [2.24, 2.45) is 5.92 Å². The molecule has 23 heavy (non-hydrogen) atoms. The fraction of sp³-hybridized carbons (Fsp3) is 0.556. The number of amides is 2. The first-order valence-corrected chi connectivity index (χ1v) is 8.49. The van der Waals surface area contributed by atoms with E-state index in [1.807, 2.05) is 26.0 Å². The van der Waals surface area contributed by atoms with Crippen molar-refractivity contribution in [3.8, 4) is 0 Å². The highest BCUT2D eigenvalue weighted by Gasteiger charge is 2.15. The standard InChI is InChI=1S/C18H27N3O2/c1-3-20-18(23)15-5-6-16(13(2)12-15)21-17(22)7-4-14-8-10-19-11-9-14/h5-6,12,14,19H,3-4,7-11H2,1-2H3,(H,20,23)(H,21,22). The number of benzene rings is 1. The van der Waals surface area contributed by atoms with Crippen molar-refractivity contribution in [3.05, 3.63) is 29.3 Å². The van der Waals surface area contributed by atoms with Crippen molar-refractivity contribution in [1.82, 2.24) is 10.6 Å².